The molecule has 0 aliphatic heterocycles. The van der Waals surface area contributed by atoms with Crippen LogP contribution >= 0.6 is 0 Å². The van der Waals surface area contributed by atoms with Gasteiger partial charge >= 0.3 is 5.69 Å². The number of hydrogen-bond donors (Lipinski definition) is 2. The van der Waals surface area contributed by atoms with E-state index >= 15 is 0 Å². The summed E-state index contributed by atoms with van der Waals surface area (Å²) in [6, 6.07) is 6.66. The minimum absolute atomic E-state index is 0.476. The molecule has 2 aromatic rings. The Morgan fingerprint density at radius 3 is 2.60 bits per heavy atom. The van der Waals surface area contributed by atoms with Gasteiger partial charge in [0.15, 0.2) is 4.90 Å². The largest absolute Gasteiger partial charge is 0.497 e. The molecule has 0 fully saturated rings. The summed E-state index contributed by atoms with van der Waals surface area (Å²) in [5, 5.41) is 0. The molecule has 2 N–H and O–H groups in total. The van der Waals surface area contributed by atoms with Gasteiger partial charge in [0.1, 0.15) is 5.75 Å². The van der Waals surface area contributed by atoms with E-state index in [4.69, 9.17) is 4.74 Å². The molecule has 0 saturated carbocycles. The van der Waals surface area contributed by atoms with E-state index in [1.54, 1.807) is 18.2 Å². The van der Waals surface area contributed by atoms with Gasteiger partial charge in [-0.3, -0.25) is 9.78 Å². The zero-order valence-electron chi connectivity index (χ0n) is 14.3. The van der Waals surface area contributed by atoms with Gasteiger partial charge < -0.3 is 9.72 Å². The van der Waals surface area contributed by atoms with Crippen molar-refractivity contribution >= 4 is 10.0 Å². The van der Waals surface area contributed by atoms with Crippen molar-refractivity contribution in [1.29, 1.82) is 0 Å². The maximum atomic E-state index is 12.9. The van der Waals surface area contributed by atoms with Crippen molar-refractivity contribution in [1.82, 2.24) is 14.3 Å². The lowest BCUT2D eigenvalue weighted by atomic mass is 10.0. The molecule has 0 saturated heterocycles. The summed E-state index contributed by atoms with van der Waals surface area (Å²) in [4.78, 5) is 26.7. The first-order chi connectivity index (χ1) is 11.8. The van der Waals surface area contributed by atoms with Gasteiger partial charge in [0.25, 0.3) is 5.56 Å². The molecular formula is C16H21N3O5S. The molecule has 1 heterocycles. The molecule has 0 aliphatic rings. The fourth-order valence-electron chi connectivity index (χ4n) is 2.59. The number of rotatable bonds is 7. The number of ether oxygens (including phenoxy) is 1. The Morgan fingerprint density at radius 1 is 1.28 bits per heavy atom. The van der Waals surface area contributed by atoms with Crippen molar-refractivity contribution in [2.45, 2.75) is 30.7 Å². The lowest BCUT2D eigenvalue weighted by Gasteiger charge is -2.27. The van der Waals surface area contributed by atoms with Gasteiger partial charge in [-0.15, -0.1) is 0 Å². The van der Waals surface area contributed by atoms with Crippen LogP contribution in [-0.2, 0) is 10.0 Å². The second-order valence-corrected chi connectivity index (χ2v) is 7.50. The second kappa shape index (κ2) is 7.66. The summed E-state index contributed by atoms with van der Waals surface area (Å²) in [5.74, 6) is 0.617. The molecule has 8 nitrogen and oxygen atoms in total. The van der Waals surface area contributed by atoms with E-state index < -0.39 is 32.2 Å². The summed E-state index contributed by atoms with van der Waals surface area (Å²) in [6.45, 7) is 1.94. The summed E-state index contributed by atoms with van der Waals surface area (Å²) in [7, 11) is -1.14. The Kier molecular flexibility index (Phi) is 5.81. The third-order valence-corrected chi connectivity index (χ3v) is 5.79. The van der Waals surface area contributed by atoms with Crippen LogP contribution < -0.4 is 16.0 Å². The Morgan fingerprint density at radius 2 is 2.00 bits per heavy atom. The maximum Gasteiger partial charge on any atom is 0.325 e. The summed E-state index contributed by atoms with van der Waals surface area (Å²) < 4.78 is 32.1. The number of methoxy groups -OCH3 is 1. The van der Waals surface area contributed by atoms with Gasteiger partial charge in [0, 0.05) is 19.3 Å². The average Bonchev–Trinajstić information content (AvgIpc) is 2.58. The molecule has 2 rings (SSSR count). The van der Waals surface area contributed by atoms with Crippen LogP contribution in [0.15, 0.2) is 44.9 Å². The molecule has 1 unspecified atom stereocenters. The van der Waals surface area contributed by atoms with Crippen molar-refractivity contribution in [3.8, 4) is 5.75 Å². The van der Waals surface area contributed by atoms with Gasteiger partial charge in [-0.05, 0) is 24.1 Å². The van der Waals surface area contributed by atoms with Crippen LogP contribution in [0, 0.1) is 0 Å². The number of aromatic nitrogens is 2. The fraction of sp³-hybridized carbons (Fsp3) is 0.375. The average molecular weight is 367 g/mol. The van der Waals surface area contributed by atoms with Gasteiger partial charge in [-0.2, -0.15) is 4.31 Å². The first-order valence-corrected chi connectivity index (χ1v) is 9.19. The van der Waals surface area contributed by atoms with E-state index in [1.807, 2.05) is 18.0 Å². The summed E-state index contributed by atoms with van der Waals surface area (Å²) >= 11 is 0. The maximum absolute atomic E-state index is 12.9. The monoisotopic (exact) mass is 367 g/mol. The number of H-pyrrole nitrogens is 2. The Balaban J connectivity index is 2.50. The standard InChI is InChI=1S/C16H21N3O5S/c1-4-6-13(11-7-5-8-12(9-11)24-3)19(2)25(22,23)14-10-17-16(21)18-15(14)20/h5,7-10,13H,4,6H2,1-3H3,(H2,17,18,20,21). The molecule has 1 atom stereocenters. The molecule has 0 radical (unpaired) electrons. The normalized spacial score (nSPS) is 13.0. The smallest absolute Gasteiger partial charge is 0.325 e. The van der Waals surface area contributed by atoms with Crippen molar-refractivity contribution in [2.75, 3.05) is 14.2 Å². The topological polar surface area (TPSA) is 112 Å². The molecular weight excluding hydrogens is 346 g/mol. The van der Waals surface area contributed by atoms with E-state index in [-0.39, 0.29) is 0 Å². The highest BCUT2D eigenvalue weighted by Gasteiger charge is 2.31. The minimum atomic E-state index is -4.10. The summed E-state index contributed by atoms with van der Waals surface area (Å²) in [5.41, 5.74) is -0.950. The molecule has 0 amide bonds. The van der Waals surface area contributed by atoms with Crippen LogP contribution in [-0.4, -0.2) is 36.8 Å². The Hall–Kier alpha value is -2.39. The van der Waals surface area contributed by atoms with E-state index in [1.165, 1.54) is 14.2 Å². The highest BCUT2D eigenvalue weighted by atomic mass is 32.2. The predicted molar refractivity (Wildman–Crippen MR) is 93.3 cm³/mol. The van der Waals surface area contributed by atoms with E-state index in [0.29, 0.717) is 12.2 Å². The zero-order chi connectivity index (χ0) is 18.6. The van der Waals surface area contributed by atoms with Gasteiger partial charge in [0.2, 0.25) is 10.0 Å². The second-order valence-electron chi connectivity index (χ2n) is 5.54. The van der Waals surface area contributed by atoms with Crippen LogP contribution in [0.3, 0.4) is 0 Å². The first-order valence-electron chi connectivity index (χ1n) is 7.75. The number of aromatic amines is 2. The van der Waals surface area contributed by atoms with Crippen molar-refractivity contribution < 1.29 is 13.2 Å². The van der Waals surface area contributed by atoms with Crippen LogP contribution in [0.1, 0.15) is 31.4 Å². The number of nitrogens with one attached hydrogen (secondary N) is 2. The quantitative estimate of drug-likeness (QED) is 0.764. The third kappa shape index (κ3) is 3.99. The lowest BCUT2D eigenvalue weighted by molar-refractivity contribution is 0.351. The van der Waals surface area contributed by atoms with Gasteiger partial charge in [-0.25, -0.2) is 13.2 Å². The molecule has 25 heavy (non-hydrogen) atoms. The molecule has 1 aromatic carbocycles. The number of benzene rings is 1. The van der Waals surface area contributed by atoms with E-state index in [0.717, 1.165) is 22.5 Å². The zero-order valence-corrected chi connectivity index (χ0v) is 15.1. The Bertz CT molecular complexity index is 948. The molecule has 136 valence electrons. The molecule has 1 aromatic heterocycles. The van der Waals surface area contributed by atoms with Crippen LogP contribution in [0.4, 0.5) is 0 Å². The Labute approximate surface area is 145 Å². The predicted octanol–water partition coefficient (Wildman–Crippen LogP) is 1.23. The number of nitrogens with zero attached hydrogens (tertiary/aromatic N) is 1. The highest BCUT2D eigenvalue weighted by molar-refractivity contribution is 7.89. The van der Waals surface area contributed by atoms with Gasteiger partial charge in [0.05, 0.1) is 7.11 Å². The van der Waals surface area contributed by atoms with Crippen LogP contribution in [0.2, 0.25) is 0 Å². The minimum Gasteiger partial charge on any atom is -0.497 e. The molecule has 0 aliphatic carbocycles. The highest BCUT2D eigenvalue weighted by Crippen LogP contribution is 2.30. The lowest BCUT2D eigenvalue weighted by Crippen LogP contribution is -2.36. The number of sulfonamides is 1. The third-order valence-electron chi connectivity index (χ3n) is 3.92. The first kappa shape index (κ1) is 18.9. The SMILES string of the molecule is CCCC(c1cccc(OC)c1)N(C)S(=O)(=O)c1c[nH]c(=O)[nH]c1=O. The molecule has 0 spiro atoms. The fourth-order valence-corrected chi connectivity index (χ4v) is 3.96. The van der Waals surface area contributed by atoms with Crippen molar-refractivity contribution in [3.05, 3.63) is 56.9 Å². The molecule has 9 heteroatoms. The van der Waals surface area contributed by atoms with Crippen molar-refractivity contribution in [3.63, 3.8) is 0 Å². The number of hydrogen-bond acceptors (Lipinski definition) is 5. The molecule has 0 bridgehead atoms. The van der Waals surface area contributed by atoms with Crippen LogP contribution in [0.5, 0.6) is 5.75 Å². The van der Waals surface area contributed by atoms with Crippen LogP contribution in [0.25, 0.3) is 0 Å². The van der Waals surface area contributed by atoms with Crippen molar-refractivity contribution in [2.24, 2.45) is 0 Å². The van der Waals surface area contributed by atoms with Gasteiger partial charge in [-0.1, -0.05) is 25.5 Å². The van der Waals surface area contributed by atoms with E-state index in [9.17, 15) is 18.0 Å². The van der Waals surface area contributed by atoms with E-state index in [2.05, 4.69) is 4.98 Å². The summed E-state index contributed by atoms with van der Waals surface area (Å²) in [6.07, 6.45) is 2.22.